The Morgan fingerprint density at radius 3 is 2.54 bits per heavy atom. The van der Waals surface area contributed by atoms with Gasteiger partial charge in [0.15, 0.2) is 0 Å². The van der Waals surface area contributed by atoms with E-state index in [1.165, 1.54) is 18.2 Å². The molecule has 0 unspecified atom stereocenters. The molecule has 28 heavy (non-hydrogen) atoms. The van der Waals surface area contributed by atoms with Crippen LogP contribution in [-0.2, 0) is 21.4 Å². The molecule has 2 amide bonds. The van der Waals surface area contributed by atoms with E-state index >= 15 is 0 Å². The molecule has 6 nitrogen and oxygen atoms in total. The van der Waals surface area contributed by atoms with Crippen molar-refractivity contribution < 1.29 is 18.0 Å². The molecule has 0 saturated carbocycles. The van der Waals surface area contributed by atoms with Gasteiger partial charge in [0.05, 0.1) is 27.4 Å². The van der Waals surface area contributed by atoms with Gasteiger partial charge in [0.25, 0.3) is 5.91 Å². The van der Waals surface area contributed by atoms with Gasteiger partial charge in [-0.3, -0.25) is 9.59 Å². The fourth-order valence-electron chi connectivity index (χ4n) is 3.17. The molecule has 148 valence electrons. The summed E-state index contributed by atoms with van der Waals surface area (Å²) in [6.07, 6.45) is 0. The number of nitrogens with zero attached hydrogens (tertiary/aromatic N) is 1. The summed E-state index contributed by atoms with van der Waals surface area (Å²) >= 11 is 6.15. The number of anilines is 1. The van der Waals surface area contributed by atoms with Gasteiger partial charge in [-0.15, -0.1) is 0 Å². The Morgan fingerprint density at radius 2 is 1.93 bits per heavy atom. The van der Waals surface area contributed by atoms with Crippen LogP contribution in [0, 0.1) is 12.3 Å². The Kier molecular flexibility index (Phi) is 5.25. The van der Waals surface area contributed by atoms with E-state index in [-0.39, 0.29) is 22.0 Å². The number of halogens is 1. The average Bonchev–Trinajstić information content (AvgIpc) is 2.76. The number of carbonyl (C=O) groups is 2. The highest BCUT2D eigenvalue weighted by Crippen LogP contribution is 2.36. The normalized spacial score (nSPS) is 17.6. The Morgan fingerprint density at radius 1 is 1.21 bits per heavy atom. The number of nitrogens with one attached hydrogen (secondary N) is 1. The smallest absolute Gasteiger partial charge is 0.253 e. The maximum atomic E-state index is 12.6. The van der Waals surface area contributed by atoms with E-state index in [1.54, 1.807) is 13.8 Å². The van der Waals surface area contributed by atoms with Crippen molar-refractivity contribution in [3.05, 3.63) is 64.2 Å². The van der Waals surface area contributed by atoms with Crippen LogP contribution < -0.4 is 9.62 Å². The summed E-state index contributed by atoms with van der Waals surface area (Å²) < 4.78 is 25.7. The molecule has 0 radical (unpaired) electrons. The predicted octanol–water partition coefficient (Wildman–Crippen LogP) is 3.28. The standard InChI is InChI=1S/C20H21ClN2O4S/c1-13-5-4-6-14(9-13)11-22-18(24)16-10-15(7-8-17(16)21)23-19(25)20(2,3)12-28(23,26)27/h4-10H,11-12H2,1-3H3,(H,22,24). The average molecular weight is 421 g/mol. The van der Waals surface area contributed by atoms with Crippen LogP contribution in [-0.4, -0.2) is 26.0 Å². The zero-order valence-electron chi connectivity index (χ0n) is 15.8. The van der Waals surface area contributed by atoms with E-state index < -0.39 is 27.3 Å². The summed E-state index contributed by atoms with van der Waals surface area (Å²) in [6, 6.07) is 11.9. The molecule has 0 bridgehead atoms. The quantitative estimate of drug-likeness (QED) is 0.822. The second-order valence-electron chi connectivity index (χ2n) is 7.55. The summed E-state index contributed by atoms with van der Waals surface area (Å²) in [5.74, 6) is -1.26. The lowest BCUT2D eigenvalue weighted by Gasteiger charge is -2.18. The molecule has 2 aromatic carbocycles. The molecule has 1 saturated heterocycles. The van der Waals surface area contributed by atoms with Gasteiger partial charge in [0, 0.05) is 6.54 Å². The summed E-state index contributed by atoms with van der Waals surface area (Å²) in [4.78, 5) is 25.2. The number of aryl methyl sites for hydroxylation is 1. The molecular formula is C20H21ClN2O4S. The number of rotatable bonds is 4. The molecular weight excluding hydrogens is 400 g/mol. The third-order valence-electron chi connectivity index (χ3n) is 4.55. The summed E-state index contributed by atoms with van der Waals surface area (Å²) in [7, 11) is -3.80. The van der Waals surface area contributed by atoms with Gasteiger partial charge in [-0.1, -0.05) is 41.4 Å². The summed E-state index contributed by atoms with van der Waals surface area (Å²) in [5, 5.41) is 2.95. The van der Waals surface area contributed by atoms with Crippen LogP contribution in [0.2, 0.25) is 5.02 Å². The van der Waals surface area contributed by atoms with Crippen molar-refractivity contribution in [2.45, 2.75) is 27.3 Å². The van der Waals surface area contributed by atoms with E-state index in [1.807, 2.05) is 31.2 Å². The number of amides is 2. The van der Waals surface area contributed by atoms with Crippen molar-refractivity contribution in [1.82, 2.24) is 5.32 Å². The number of hydrogen-bond acceptors (Lipinski definition) is 4. The second kappa shape index (κ2) is 7.22. The SMILES string of the molecule is Cc1cccc(CNC(=O)c2cc(N3C(=O)C(C)(C)CS3(=O)=O)ccc2Cl)c1. The van der Waals surface area contributed by atoms with Crippen molar-refractivity contribution >= 4 is 39.1 Å². The lowest BCUT2D eigenvalue weighted by atomic mass is 9.95. The van der Waals surface area contributed by atoms with E-state index in [2.05, 4.69) is 5.32 Å². The zero-order valence-corrected chi connectivity index (χ0v) is 17.4. The van der Waals surface area contributed by atoms with Crippen LogP contribution in [0.4, 0.5) is 5.69 Å². The first kappa shape index (κ1) is 20.4. The maximum absolute atomic E-state index is 12.6. The van der Waals surface area contributed by atoms with E-state index in [0.717, 1.165) is 15.4 Å². The molecule has 0 spiro atoms. The van der Waals surface area contributed by atoms with Crippen molar-refractivity contribution in [2.24, 2.45) is 5.41 Å². The second-order valence-corrected chi connectivity index (χ2v) is 9.77. The van der Waals surface area contributed by atoms with E-state index in [9.17, 15) is 18.0 Å². The van der Waals surface area contributed by atoms with Crippen molar-refractivity contribution in [1.29, 1.82) is 0 Å². The van der Waals surface area contributed by atoms with Crippen LogP contribution in [0.3, 0.4) is 0 Å². The highest BCUT2D eigenvalue weighted by Gasteiger charge is 2.50. The van der Waals surface area contributed by atoms with Gasteiger partial charge >= 0.3 is 0 Å². The van der Waals surface area contributed by atoms with E-state index in [0.29, 0.717) is 6.54 Å². The molecule has 0 aromatic heterocycles. The van der Waals surface area contributed by atoms with Crippen molar-refractivity contribution in [3.63, 3.8) is 0 Å². The third kappa shape index (κ3) is 3.91. The molecule has 3 rings (SSSR count). The molecule has 1 N–H and O–H groups in total. The zero-order chi connectivity index (χ0) is 20.7. The highest BCUT2D eigenvalue weighted by molar-refractivity contribution is 7.94. The molecule has 1 aliphatic rings. The molecule has 1 fully saturated rings. The fourth-order valence-corrected chi connectivity index (χ4v) is 5.48. The summed E-state index contributed by atoms with van der Waals surface area (Å²) in [6.45, 7) is 5.42. The van der Waals surface area contributed by atoms with Crippen LogP contribution in [0.15, 0.2) is 42.5 Å². The number of benzene rings is 2. The monoisotopic (exact) mass is 420 g/mol. The van der Waals surface area contributed by atoms with Crippen LogP contribution in [0.1, 0.15) is 35.3 Å². The minimum absolute atomic E-state index is 0.111. The first-order valence-corrected chi connectivity index (χ1v) is 10.7. The Labute approximate surface area is 169 Å². The van der Waals surface area contributed by atoms with Gasteiger partial charge in [-0.2, -0.15) is 0 Å². The van der Waals surface area contributed by atoms with Gasteiger partial charge in [0.1, 0.15) is 0 Å². The Balaban J connectivity index is 1.87. The maximum Gasteiger partial charge on any atom is 0.253 e. The molecule has 1 heterocycles. The number of hydrogen-bond donors (Lipinski definition) is 1. The minimum Gasteiger partial charge on any atom is -0.348 e. The Hall–Kier alpha value is -2.38. The molecule has 8 heteroatoms. The summed E-state index contributed by atoms with van der Waals surface area (Å²) in [5.41, 5.74) is 1.21. The first-order chi connectivity index (χ1) is 13.0. The minimum atomic E-state index is -3.80. The number of carbonyl (C=O) groups excluding carboxylic acids is 2. The van der Waals surface area contributed by atoms with Crippen LogP contribution in [0.25, 0.3) is 0 Å². The first-order valence-electron chi connectivity index (χ1n) is 8.72. The molecule has 2 aromatic rings. The Bertz CT molecular complexity index is 1060. The lowest BCUT2D eigenvalue weighted by Crippen LogP contribution is -2.33. The number of sulfonamides is 1. The van der Waals surface area contributed by atoms with Gasteiger partial charge in [-0.25, -0.2) is 12.7 Å². The fraction of sp³-hybridized carbons (Fsp3) is 0.300. The predicted molar refractivity (Wildman–Crippen MR) is 109 cm³/mol. The van der Waals surface area contributed by atoms with Crippen molar-refractivity contribution in [2.75, 3.05) is 10.1 Å². The highest BCUT2D eigenvalue weighted by atomic mass is 35.5. The van der Waals surface area contributed by atoms with E-state index in [4.69, 9.17) is 11.6 Å². The van der Waals surface area contributed by atoms with Crippen molar-refractivity contribution in [3.8, 4) is 0 Å². The molecule has 0 aliphatic carbocycles. The third-order valence-corrected chi connectivity index (χ3v) is 6.90. The van der Waals surface area contributed by atoms with Crippen LogP contribution >= 0.6 is 11.6 Å². The molecule has 1 aliphatic heterocycles. The topological polar surface area (TPSA) is 83.6 Å². The lowest BCUT2D eigenvalue weighted by molar-refractivity contribution is -0.123. The van der Waals surface area contributed by atoms with Gasteiger partial charge < -0.3 is 5.32 Å². The molecule has 0 atom stereocenters. The van der Waals surface area contributed by atoms with Gasteiger partial charge in [0.2, 0.25) is 15.9 Å². The van der Waals surface area contributed by atoms with Crippen LogP contribution in [0.5, 0.6) is 0 Å². The largest absolute Gasteiger partial charge is 0.348 e. The van der Waals surface area contributed by atoms with Gasteiger partial charge in [-0.05, 0) is 44.5 Å².